The van der Waals surface area contributed by atoms with Gasteiger partial charge >= 0.3 is 5.97 Å². The molecule has 1 amide bonds. The molecule has 2 aliphatic heterocycles. The highest BCUT2D eigenvalue weighted by Crippen LogP contribution is 2.48. The Kier molecular flexibility index (Phi) is 7.46. The van der Waals surface area contributed by atoms with Gasteiger partial charge in [0.1, 0.15) is 12.3 Å². The number of nitrogens with zero attached hydrogens (tertiary/aromatic N) is 2. The fourth-order valence-corrected chi connectivity index (χ4v) is 8.27. The van der Waals surface area contributed by atoms with E-state index in [1.165, 1.54) is 18.4 Å². The largest absolute Gasteiger partial charge is 0.472 e. The number of hydrogen-bond donors (Lipinski definition) is 0. The number of nitro groups is 1. The molecule has 1 aromatic carbocycles. The molecule has 192 valence electrons. The molecule has 1 aromatic heterocycles. The number of furan rings is 1. The van der Waals surface area contributed by atoms with Crippen molar-refractivity contribution in [2.75, 3.05) is 0 Å². The van der Waals surface area contributed by atoms with E-state index < -0.39 is 19.2 Å². The van der Waals surface area contributed by atoms with Gasteiger partial charge in [-0.05, 0) is 60.8 Å². The molecule has 2 aliphatic rings. The number of amides is 1. The van der Waals surface area contributed by atoms with Gasteiger partial charge in [0.15, 0.2) is 8.32 Å². The molecule has 2 aromatic rings. The van der Waals surface area contributed by atoms with Gasteiger partial charge in [0, 0.05) is 17.7 Å². The molecule has 0 radical (unpaired) electrons. The minimum Gasteiger partial charge on any atom is -0.472 e. The van der Waals surface area contributed by atoms with E-state index in [-0.39, 0.29) is 42.0 Å². The van der Waals surface area contributed by atoms with E-state index in [1.807, 2.05) is 6.92 Å². The second-order valence-electron chi connectivity index (χ2n) is 9.41. The van der Waals surface area contributed by atoms with Crippen LogP contribution in [0.5, 0.6) is 0 Å². The average molecular weight is 513 g/mol. The third-order valence-corrected chi connectivity index (χ3v) is 12.4. The highest BCUT2D eigenvalue weighted by Gasteiger charge is 2.58. The standard InChI is InChI=1S/C26H32N2O7Si/c1-5-36(6-2,7-3)35-17(4)23-22-14-21(19-12-13-33-16-19)24(27(22)25(23)29)26(30)34-15-18-8-10-20(11-9-18)28(31)32/h8-13,16-17,22-23H,5-7,14-15H2,1-4H3/t17-,22-,23-/m1/s1. The Morgan fingerprint density at radius 3 is 2.42 bits per heavy atom. The molecule has 10 heteroatoms. The van der Waals surface area contributed by atoms with Crippen molar-refractivity contribution in [2.45, 2.75) is 71.0 Å². The lowest BCUT2D eigenvalue weighted by molar-refractivity contribution is -0.384. The minimum atomic E-state index is -1.90. The molecule has 1 saturated heterocycles. The van der Waals surface area contributed by atoms with Gasteiger partial charge in [0.05, 0.1) is 35.5 Å². The molecule has 0 aliphatic carbocycles. The number of rotatable bonds is 11. The molecule has 0 spiro atoms. The molecule has 0 bridgehead atoms. The number of non-ortho nitro benzene ring substituents is 1. The molecule has 0 N–H and O–H groups in total. The van der Waals surface area contributed by atoms with Crippen molar-refractivity contribution in [3.05, 3.63) is 69.8 Å². The van der Waals surface area contributed by atoms with Crippen LogP contribution in [0.1, 0.15) is 45.2 Å². The third kappa shape index (κ3) is 4.62. The molecular weight excluding hydrogens is 480 g/mol. The summed E-state index contributed by atoms with van der Waals surface area (Å²) in [6, 6.07) is 10.4. The fraction of sp³-hybridized carbons (Fsp3) is 0.462. The van der Waals surface area contributed by atoms with Crippen molar-refractivity contribution in [1.82, 2.24) is 4.90 Å². The van der Waals surface area contributed by atoms with E-state index >= 15 is 0 Å². The number of benzene rings is 1. The van der Waals surface area contributed by atoms with E-state index in [0.717, 1.165) is 29.3 Å². The van der Waals surface area contributed by atoms with Crippen molar-refractivity contribution in [2.24, 2.45) is 5.92 Å². The zero-order chi connectivity index (χ0) is 26.0. The van der Waals surface area contributed by atoms with Crippen molar-refractivity contribution < 1.29 is 28.1 Å². The van der Waals surface area contributed by atoms with Crippen LogP contribution in [0.25, 0.3) is 5.57 Å². The molecule has 0 saturated carbocycles. The number of carbonyl (C=O) groups excluding carboxylic acids is 2. The first kappa shape index (κ1) is 25.8. The van der Waals surface area contributed by atoms with Gasteiger partial charge in [0.25, 0.3) is 5.69 Å². The van der Waals surface area contributed by atoms with E-state index in [2.05, 4.69) is 20.8 Å². The van der Waals surface area contributed by atoms with E-state index in [9.17, 15) is 19.7 Å². The summed E-state index contributed by atoms with van der Waals surface area (Å²) in [5.74, 6) is -1.05. The molecule has 1 fully saturated rings. The minimum absolute atomic E-state index is 0.0384. The van der Waals surface area contributed by atoms with E-state index in [4.69, 9.17) is 13.6 Å². The van der Waals surface area contributed by atoms with E-state index in [0.29, 0.717) is 12.0 Å². The number of ether oxygens (including phenoxy) is 1. The van der Waals surface area contributed by atoms with Crippen molar-refractivity contribution in [1.29, 1.82) is 0 Å². The highest BCUT2D eigenvalue weighted by molar-refractivity contribution is 6.73. The number of esters is 1. The predicted octanol–water partition coefficient (Wildman–Crippen LogP) is 5.28. The highest BCUT2D eigenvalue weighted by atomic mass is 28.4. The number of β-lactam (4-membered cyclic amide) rings is 1. The van der Waals surface area contributed by atoms with Crippen LogP contribution in [0.15, 0.2) is 53.0 Å². The molecule has 0 unspecified atom stereocenters. The topological polar surface area (TPSA) is 112 Å². The molecule has 9 nitrogen and oxygen atoms in total. The summed E-state index contributed by atoms with van der Waals surface area (Å²) >= 11 is 0. The number of fused-ring (bicyclic) bond motifs is 1. The Morgan fingerprint density at radius 1 is 1.19 bits per heavy atom. The Balaban J connectivity index is 1.52. The lowest BCUT2D eigenvalue weighted by atomic mass is 9.82. The normalized spacial score (nSPS) is 20.2. The average Bonchev–Trinajstić information content (AvgIpc) is 3.52. The van der Waals surface area contributed by atoms with Crippen molar-refractivity contribution in [3.63, 3.8) is 0 Å². The molecule has 36 heavy (non-hydrogen) atoms. The van der Waals surface area contributed by atoms with E-state index in [1.54, 1.807) is 29.4 Å². The van der Waals surface area contributed by atoms with Crippen LogP contribution in [0.3, 0.4) is 0 Å². The molecule has 3 heterocycles. The Morgan fingerprint density at radius 2 is 1.86 bits per heavy atom. The first-order valence-corrected chi connectivity index (χ1v) is 14.9. The van der Waals surface area contributed by atoms with Gasteiger partial charge in [-0.15, -0.1) is 0 Å². The second-order valence-corrected chi connectivity index (χ2v) is 14.1. The van der Waals surface area contributed by atoms with Crippen LogP contribution in [0.2, 0.25) is 18.1 Å². The fourth-order valence-electron chi connectivity index (χ4n) is 5.34. The predicted molar refractivity (Wildman–Crippen MR) is 135 cm³/mol. The van der Waals surface area contributed by atoms with Crippen LogP contribution in [-0.4, -0.2) is 42.2 Å². The maximum absolute atomic E-state index is 13.4. The van der Waals surface area contributed by atoms with Crippen LogP contribution in [0.4, 0.5) is 5.69 Å². The van der Waals surface area contributed by atoms with Crippen LogP contribution < -0.4 is 0 Å². The summed E-state index contributed by atoms with van der Waals surface area (Å²) < 4.78 is 17.4. The lowest BCUT2D eigenvalue weighted by Crippen LogP contribution is -2.63. The number of hydrogen-bond acceptors (Lipinski definition) is 7. The molecule has 3 atom stereocenters. The van der Waals surface area contributed by atoms with Gasteiger partial charge in [-0.25, -0.2) is 4.79 Å². The monoisotopic (exact) mass is 512 g/mol. The van der Waals surface area contributed by atoms with Gasteiger partial charge in [-0.1, -0.05) is 20.8 Å². The van der Waals surface area contributed by atoms with Crippen molar-refractivity contribution in [3.8, 4) is 0 Å². The Labute approximate surface area is 211 Å². The summed E-state index contributed by atoms with van der Waals surface area (Å²) in [4.78, 5) is 38.6. The summed E-state index contributed by atoms with van der Waals surface area (Å²) in [6.07, 6.45) is 3.39. The van der Waals surface area contributed by atoms with Gasteiger partial charge in [0.2, 0.25) is 5.91 Å². The number of carbonyl (C=O) groups is 2. The quantitative estimate of drug-likeness (QED) is 0.132. The maximum atomic E-state index is 13.4. The smallest absolute Gasteiger partial charge is 0.355 e. The summed E-state index contributed by atoms with van der Waals surface area (Å²) in [7, 11) is -1.90. The van der Waals surface area contributed by atoms with Gasteiger partial charge < -0.3 is 18.5 Å². The maximum Gasteiger partial charge on any atom is 0.355 e. The zero-order valence-corrected chi connectivity index (χ0v) is 22.1. The van der Waals surface area contributed by atoms with Gasteiger partial charge in [-0.3, -0.25) is 14.9 Å². The van der Waals surface area contributed by atoms with Crippen LogP contribution in [0, 0.1) is 16.0 Å². The molecular formula is C26H32N2O7Si. The Bertz CT molecular complexity index is 1150. The zero-order valence-electron chi connectivity index (χ0n) is 21.1. The third-order valence-electron chi connectivity index (χ3n) is 7.66. The van der Waals surface area contributed by atoms with Crippen molar-refractivity contribution >= 4 is 31.5 Å². The SMILES string of the molecule is CC[Si](CC)(CC)O[C@H](C)[C@H]1C(=O)N2C(C(=O)OCc3ccc([N+](=O)[O-])cc3)=C(c3ccoc3)C[C@H]12. The van der Waals surface area contributed by atoms with Crippen LogP contribution >= 0.6 is 0 Å². The summed E-state index contributed by atoms with van der Waals surface area (Å²) in [5.41, 5.74) is 2.27. The first-order valence-electron chi connectivity index (χ1n) is 12.4. The summed E-state index contributed by atoms with van der Waals surface area (Å²) in [5, 5.41) is 10.9. The second kappa shape index (κ2) is 10.4. The lowest BCUT2D eigenvalue weighted by Gasteiger charge is -2.48. The first-order chi connectivity index (χ1) is 17.2. The van der Waals surface area contributed by atoms with Gasteiger partial charge in [-0.2, -0.15) is 0 Å². The molecule has 4 rings (SSSR count). The summed E-state index contributed by atoms with van der Waals surface area (Å²) in [6.45, 7) is 8.40. The number of nitro benzene ring substituents is 1. The Hall–Kier alpha value is -3.24. The van der Waals surface area contributed by atoms with Crippen LogP contribution in [-0.2, 0) is 25.4 Å².